The zero-order valence-electron chi connectivity index (χ0n) is 16.5. The van der Waals surface area contributed by atoms with Crippen LogP contribution < -0.4 is 24.4 Å². The van der Waals surface area contributed by atoms with Gasteiger partial charge >= 0.3 is 6.18 Å². The second-order valence-corrected chi connectivity index (χ2v) is 7.14. The summed E-state index contributed by atoms with van der Waals surface area (Å²) in [7, 11) is 1.47. The Morgan fingerprint density at radius 1 is 1.06 bits per heavy atom. The van der Waals surface area contributed by atoms with Gasteiger partial charge in [0.1, 0.15) is 30.0 Å². The van der Waals surface area contributed by atoms with Crippen molar-refractivity contribution in [1.29, 1.82) is 0 Å². The lowest BCUT2D eigenvalue weighted by Crippen LogP contribution is -2.39. The maximum absolute atomic E-state index is 12.9. The molecule has 0 aliphatic heterocycles. The van der Waals surface area contributed by atoms with Crippen molar-refractivity contribution < 1.29 is 37.0 Å². The van der Waals surface area contributed by atoms with Gasteiger partial charge in [-0.2, -0.15) is 13.2 Å². The second kappa shape index (κ2) is 9.97. The van der Waals surface area contributed by atoms with Crippen LogP contribution in [-0.4, -0.2) is 25.8 Å². The van der Waals surface area contributed by atoms with Crippen molar-refractivity contribution in [2.75, 3.05) is 19.0 Å². The third kappa shape index (κ3) is 6.41. The number of pyridine rings is 1. The van der Waals surface area contributed by atoms with Crippen molar-refractivity contribution in [3.63, 3.8) is 0 Å². The zero-order chi connectivity index (χ0) is 23.3. The molecule has 3 rings (SSSR count). The van der Waals surface area contributed by atoms with Gasteiger partial charge in [0.05, 0.1) is 15.6 Å². The number of anilines is 1. The highest BCUT2D eigenvalue weighted by Crippen LogP contribution is 2.34. The van der Waals surface area contributed by atoms with Crippen LogP contribution in [0.3, 0.4) is 0 Å². The van der Waals surface area contributed by atoms with E-state index in [9.17, 15) is 18.0 Å². The highest BCUT2D eigenvalue weighted by Gasteiger charge is 2.28. The molecule has 6 nitrogen and oxygen atoms in total. The van der Waals surface area contributed by atoms with Crippen LogP contribution in [0.25, 0.3) is 0 Å². The summed E-state index contributed by atoms with van der Waals surface area (Å²) in [6, 6.07) is 11.5. The molecule has 0 unspecified atom stereocenters. The number of halogens is 5. The molecule has 0 radical (unpaired) electrons. The normalized spacial score (nSPS) is 11.1. The van der Waals surface area contributed by atoms with Crippen molar-refractivity contribution >= 4 is 34.8 Å². The van der Waals surface area contributed by atoms with Crippen LogP contribution in [0.2, 0.25) is 10.0 Å². The van der Waals surface area contributed by atoms with Gasteiger partial charge in [-0.1, -0.05) is 23.2 Å². The van der Waals surface area contributed by atoms with Gasteiger partial charge < -0.3 is 14.8 Å². The van der Waals surface area contributed by atoms with Crippen molar-refractivity contribution in [3.8, 4) is 17.2 Å². The van der Waals surface area contributed by atoms with E-state index in [1.807, 2.05) is 0 Å². The van der Waals surface area contributed by atoms with E-state index in [0.717, 1.165) is 0 Å². The number of nitrogens with one attached hydrogen (secondary N) is 1. The van der Waals surface area contributed by atoms with Crippen molar-refractivity contribution in [3.05, 3.63) is 76.5 Å². The number of nitrogens with zero attached hydrogens (tertiary/aromatic N) is 1. The highest BCUT2D eigenvalue weighted by molar-refractivity contribution is 6.42. The lowest BCUT2D eigenvalue weighted by molar-refractivity contribution is -0.885. The molecule has 0 fully saturated rings. The van der Waals surface area contributed by atoms with Gasteiger partial charge in [-0.15, -0.1) is 0 Å². The number of hydrogen-bond acceptors (Lipinski definition) is 4. The zero-order valence-corrected chi connectivity index (χ0v) is 18.0. The third-order valence-corrected chi connectivity index (χ3v) is 4.69. The van der Waals surface area contributed by atoms with E-state index in [4.69, 9.17) is 32.8 Å². The maximum atomic E-state index is 12.9. The predicted molar refractivity (Wildman–Crippen MR) is 112 cm³/mol. The van der Waals surface area contributed by atoms with E-state index < -0.39 is 18.7 Å². The summed E-state index contributed by atoms with van der Waals surface area (Å²) in [5.41, 5.74) is 0.534. The summed E-state index contributed by atoms with van der Waals surface area (Å²) in [5, 5.41) is 2.99. The first-order valence-corrected chi connectivity index (χ1v) is 9.74. The summed E-state index contributed by atoms with van der Waals surface area (Å²) < 4.78 is 48.6. The van der Waals surface area contributed by atoms with Crippen LogP contribution in [0.4, 0.5) is 18.9 Å². The molecule has 0 saturated heterocycles. The smallest absolute Gasteiger partial charge is 0.422 e. The molecule has 1 aromatic heterocycles. The van der Waals surface area contributed by atoms with Gasteiger partial charge in [0.15, 0.2) is 6.61 Å². The molecule has 168 valence electrons. The fourth-order valence-electron chi connectivity index (χ4n) is 2.53. The first kappa shape index (κ1) is 23.5. The minimum absolute atomic E-state index is 0.0114. The summed E-state index contributed by atoms with van der Waals surface area (Å²) >= 11 is 12.2. The molecule has 1 heterocycles. The van der Waals surface area contributed by atoms with Crippen LogP contribution in [-0.2, 0) is 0 Å². The monoisotopic (exact) mass is 487 g/mol. The van der Waals surface area contributed by atoms with Gasteiger partial charge in [-0.3, -0.25) is 9.63 Å². The predicted octanol–water partition coefficient (Wildman–Crippen LogP) is 5.33. The Labute approximate surface area is 191 Å². The number of rotatable bonds is 7. The van der Waals surface area contributed by atoms with E-state index in [2.05, 4.69) is 10.1 Å². The molecule has 0 spiro atoms. The number of aromatic nitrogens is 1. The fraction of sp³-hybridized carbons (Fsp3) is 0.143. The summed E-state index contributed by atoms with van der Waals surface area (Å²) in [5.74, 6) is -0.181. The first-order chi connectivity index (χ1) is 15.1. The van der Waals surface area contributed by atoms with Gasteiger partial charge in [-0.25, -0.2) is 0 Å². The maximum Gasteiger partial charge on any atom is 0.422 e. The quantitative estimate of drug-likeness (QED) is 0.458. The second-order valence-electron chi connectivity index (χ2n) is 6.33. The van der Waals surface area contributed by atoms with Crippen LogP contribution in [0.15, 0.2) is 60.9 Å². The largest absolute Gasteiger partial charge is 0.484 e. The Kier molecular flexibility index (Phi) is 7.32. The van der Waals surface area contributed by atoms with E-state index in [-0.39, 0.29) is 32.9 Å². The number of ether oxygens (including phenoxy) is 2. The van der Waals surface area contributed by atoms with Gasteiger partial charge in [0, 0.05) is 16.9 Å². The molecule has 0 aliphatic rings. The molecule has 1 N–H and O–H groups in total. The lowest BCUT2D eigenvalue weighted by Gasteiger charge is -2.13. The fourth-order valence-corrected chi connectivity index (χ4v) is 2.84. The molecule has 32 heavy (non-hydrogen) atoms. The Morgan fingerprint density at radius 2 is 1.72 bits per heavy atom. The standard InChI is InChI=1S/C21H15Cl2F3N2O4/c1-30-28-8-2-3-13(11-28)27-20(29)16-9-17(22)18(23)10-19(16)32-15-6-4-14(5-7-15)31-12-21(24,25)26/h2-11H,12H2,1H3/p+1. The number of hydrogen-bond donors (Lipinski definition) is 1. The van der Waals surface area contributed by atoms with Crippen LogP contribution in [0, 0.1) is 0 Å². The lowest BCUT2D eigenvalue weighted by atomic mass is 10.1. The van der Waals surface area contributed by atoms with E-state index in [1.165, 1.54) is 48.2 Å². The Hall–Kier alpha value is -3.17. The molecule has 0 atom stereocenters. The molecule has 11 heteroatoms. The molecular formula is C21H16Cl2F3N2O4+. The average Bonchev–Trinajstić information content (AvgIpc) is 2.75. The Bertz CT molecular complexity index is 1110. The van der Waals surface area contributed by atoms with Crippen molar-refractivity contribution in [1.82, 2.24) is 0 Å². The minimum Gasteiger partial charge on any atom is -0.484 e. The molecular weight excluding hydrogens is 472 g/mol. The highest BCUT2D eigenvalue weighted by atomic mass is 35.5. The van der Waals surface area contributed by atoms with Gasteiger partial charge in [-0.05, 0) is 36.4 Å². The molecule has 3 aromatic rings. The Morgan fingerprint density at radius 3 is 2.38 bits per heavy atom. The Balaban J connectivity index is 1.80. The SMILES string of the molecule is CO[n+]1cccc(NC(=O)c2cc(Cl)c(Cl)cc2Oc2ccc(OCC(F)(F)F)cc2)c1. The van der Waals surface area contributed by atoms with E-state index >= 15 is 0 Å². The molecule has 0 aliphatic carbocycles. The van der Waals surface area contributed by atoms with Gasteiger partial charge in [0.25, 0.3) is 5.91 Å². The number of carbonyl (C=O) groups is 1. The topological polar surface area (TPSA) is 60.7 Å². The minimum atomic E-state index is -4.45. The number of alkyl halides is 3. The van der Waals surface area contributed by atoms with Crippen LogP contribution in [0.5, 0.6) is 17.2 Å². The third-order valence-electron chi connectivity index (χ3n) is 3.96. The molecule has 1 amide bonds. The summed E-state index contributed by atoms with van der Waals surface area (Å²) in [4.78, 5) is 17.9. The van der Waals surface area contributed by atoms with Crippen molar-refractivity contribution in [2.45, 2.75) is 6.18 Å². The van der Waals surface area contributed by atoms with Crippen LogP contribution >= 0.6 is 23.2 Å². The average molecular weight is 488 g/mol. The van der Waals surface area contributed by atoms with E-state index in [1.54, 1.807) is 24.5 Å². The van der Waals surface area contributed by atoms with Crippen LogP contribution in [0.1, 0.15) is 10.4 Å². The molecule has 0 saturated carbocycles. The molecule has 0 bridgehead atoms. The van der Waals surface area contributed by atoms with Crippen molar-refractivity contribution in [2.24, 2.45) is 0 Å². The molecule has 2 aromatic carbocycles. The number of amides is 1. The number of carbonyl (C=O) groups excluding carboxylic acids is 1. The number of benzene rings is 2. The first-order valence-electron chi connectivity index (χ1n) is 8.98. The summed E-state index contributed by atoms with van der Waals surface area (Å²) in [6.45, 7) is -1.41. The van der Waals surface area contributed by atoms with Gasteiger partial charge in [0.2, 0.25) is 12.4 Å². The van der Waals surface area contributed by atoms with E-state index in [0.29, 0.717) is 5.69 Å². The summed E-state index contributed by atoms with van der Waals surface area (Å²) in [6.07, 6.45) is -1.25.